The second-order valence-electron chi connectivity index (χ2n) is 3.52. The molecule has 3 nitrogen and oxygen atoms in total. The van der Waals surface area contributed by atoms with E-state index >= 15 is 0 Å². The molecule has 0 aliphatic rings. The smallest absolute Gasteiger partial charge is 0.313 e. The maximum atomic E-state index is 10.5. The van der Waals surface area contributed by atoms with Gasteiger partial charge in [0.2, 0.25) is 0 Å². The SMILES string of the molecule is Cc1ccc2sc(SCC(=O)O)nc2c1C. The molecule has 0 radical (unpaired) electrons. The highest BCUT2D eigenvalue weighted by molar-refractivity contribution is 8.01. The molecule has 0 atom stereocenters. The molecule has 1 heterocycles. The van der Waals surface area contributed by atoms with Gasteiger partial charge in [0, 0.05) is 0 Å². The van der Waals surface area contributed by atoms with E-state index in [0.29, 0.717) is 0 Å². The summed E-state index contributed by atoms with van der Waals surface area (Å²) in [5.41, 5.74) is 3.39. The lowest BCUT2D eigenvalue weighted by molar-refractivity contribution is -0.133. The number of carbonyl (C=O) groups is 1. The van der Waals surface area contributed by atoms with Crippen LogP contribution in [0.15, 0.2) is 16.5 Å². The monoisotopic (exact) mass is 253 g/mol. The first-order valence-corrected chi connectivity index (χ1v) is 6.59. The zero-order chi connectivity index (χ0) is 11.7. The number of hydrogen-bond acceptors (Lipinski definition) is 4. The predicted molar refractivity (Wildman–Crippen MR) is 67.5 cm³/mol. The third-order valence-corrected chi connectivity index (χ3v) is 4.53. The average Bonchev–Trinajstić information content (AvgIpc) is 2.64. The molecule has 16 heavy (non-hydrogen) atoms. The molecule has 0 fully saturated rings. The van der Waals surface area contributed by atoms with Gasteiger partial charge in [-0.2, -0.15) is 0 Å². The third kappa shape index (κ3) is 2.20. The highest BCUT2D eigenvalue weighted by Crippen LogP contribution is 2.31. The van der Waals surface area contributed by atoms with Crippen LogP contribution in [0.25, 0.3) is 10.2 Å². The summed E-state index contributed by atoms with van der Waals surface area (Å²) in [6.07, 6.45) is 0. The number of hydrogen-bond donors (Lipinski definition) is 1. The molecule has 0 aliphatic heterocycles. The lowest BCUT2D eigenvalue weighted by Gasteiger charge is -1.98. The molecule has 1 aromatic carbocycles. The van der Waals surface area contributed by atoms with Crippen molar-refractivity contribution < 1.29 is 9.90 Å². The van der Waals surface area contributed by atoms with Gasteiger partial charge in [-0.25, -0.2) is 4.98 Å². The zero-order valence-corrected chi connectivity index (χ0v) is 10.6. The van der Waals surface area contributed by atoms with E-state index in [0.717, 1.165) is 14.6 Å². The van der Waals surface area contributed by atoms with Crippen molar-refractivity contribution in [2.45, 2.75) is 18.2 Å². The second kappa shape index (κ2) is 4.43. The van der Waals surface area contributed by atoms with Crippen LogP contribution in [0.1, 0.15) is 11.1 Å². The van der Waals surface area contributed by atoms with Crippen molar-refractivity contribution in [1.82, 2.24) is 4.98 Å². The number of benzene rings is 1. The van der Waals surface area contributed by atoms with Crippen molar-refractivity contribution in [3.63, 3.8) is 0 Å². The van der Waals surface area contributed by atoms with Crippen molar-refractivity contribution in [2.75, 3.05) is 5.75 Å². The first kappa shape index (κ1) is 11.4. The molecule has 0 aliphatic carbocycles. The van der Waals surface area contributed by atoms with E-state index in [4.69, 9.17) is 5.11 Å². The number of carboxylic acids is 1. The molecule has 0 spiro atoms. The number of thiazole rings is 1. The van der Waals surface area contributed by atoms with Gasteiger partial charge < -0.3 is 5.11 Å². The Bertz CT molecular complexity index is 548. The maximum absolute atomic E-state index is 10.5. The molecule has 0 bridgehead atoms. The van der Waals surface area contributed by atoms with Crippen LogP contribution >= 0.6 is 23.1 Å². The van der Waals surface area contributed by atoms with Crippen molar-refractivity contribution in [2.24, 2.45) is 0 Å². The second-order valence-corrected chi connectivity index (χ2v) is 5.77. The topological polar surface area (TPSA) is 50.2 Å². The number of rotatable bonds is 3. The van der Waals surface area contributed by atoms with Crippen LogP contribution in [-0.4, -0.2) is 21.8 Å². The largest absolute Gasteiger partial charge is 0.481 e. The molecule has 0 saturated carbocycles. The Morgan fingerprint density at radius 1 is 1.50 bits per heavy atom. The standard InChI is InChI=1S/C11H11NO2S2/c1-6-3-4-8-10(7(6)2)12-11(16-8)15-5-9(13)14/h3-4H,5H2,1-2H3,(H,13,14). The Hall–Kier alpha value is -1.07. The molecule has 1 N–H and O–H groups in total. The van der Waals surface area contributed by atoms with Gasteiger partial charge in [0.15, 0.2) is 4.34 Å². The lowest BCUT2D eigenvalue weighted by Crippen LogP contribution is -1.96. The maximum Gasteiger partial charge on any atom is 0.313 e. The van der Waals surface area contributed by atoms with Crippen molar-refractivity contribution in [1.29, 1.82) is 0 Å². The number of aliphatic carboxylic acids is 1. The van der Waals surface area contributed by atoms with Crippen LogP contribution in [0.2, 0.25) is 0 Å². The molecule has 0 unspecified atom stereocenters. The Morgan fingerprint density at radius 2 is 2.25 bits per heavy atom. The van der Waals surface area contributed by atoms with Gasteiger partial charge in [0.05, 0.1) is 16.0 Å². The number of nitrogens with zero attached hydrogens (tertiary/aromatic N) is 1. The van der Waals surface area contributed by atoms with Gasteiger partial charge in [-0.05, 0) is 31.0 Å². The molecular weight excluding hydrogens is 242 g/mol. The van der Waals surface area contributed by atoms with Crippen LogP contribution in [0.3, 0.4) is 0 Å². The molecule has 2 aromatic rings. The van der Waals surface area contributed by atoms with E-state index in [-0.39, 0.29) is 5.75 Å². The average molecular weight is 253 g/mol. The summed E-state index contributed by atoms with van der Waals surface area (Å²) in [5, 5.41) is 8.60. The Balaban J connectivity index is 2.36. The van der Waals surface area contributed by atoms with E-state index in [1.165, 1.54) is 22.9 Å². The summed E-state index contributed by atoms with van der Waals surface area (Å²) in [6, 6.07) is 4.11. The van der Waals surface area contributed by atoms with Crippen LogP contribution in [-0.2, 0) is 4.79 Å². The Morgan fingerprint density at radius 3 is 2.94 bits per heavy atom. The number of aromatic nitrogens is 1. The van der Waals surface area contributed by atoms with Crippen LogP contribution in [0.4, 0.5) is 0 Å². The van der Waals surface area contributed by atoms with Gasteiger partial charge >= 0.3 is 5.97 Å². The quantitative estimate of drug-likeness (QED) is 0.854. The summed E-state index contributed by atoms with van der Waals surface area (Å²) >= 11 is 2.83. The summed E-state index contributed by atoms with van der Waals surface area (Å²) < 4.78 is 1.95. The van der Waals surface area contributed by atoms with Crippen LogP contribution < -0.4 is 0 Å². The minimum absolute atomic E-state index is 0.0673. The summed E-state index contributed by atoms with van der Waals surface area (Å²) in [4.78, 5) is 14.9. The molecule has 1 aromatic heterocycles. The number of carboxylic acid groups (broad SMARTS) is 1. The van der Waals surface area contributed by atoms with Gasteiger partial charge in [-0.15, -0.1) is 11.3 Å². The first-order valence-electron chi connectivity index (χ1n) is 4.79. The summed E-state index contributed by atoms with van der Waals surface area (Å²) in [5.74, 6) is -0.741. The molecular formula is C11H11NO2S2. The normalized spacial score (nSPS) is 10.9. The highest BCUT2D eigenvalue weighted by Gasteiger charge is 2.09. The van der Waals surface area contributed by atoms with E-state index < -0.39 is 5.97 Å². The minimum atomic E-state index is -0.808. The highest BCUT2D eigenvalue weighted by atomic mass is 32.2. The molecule has 0 amide bonds. The van der Waals surface area contributed by atoms with Gasteiger partial charge in [-0.1, -0.05) is 17.8 Å². The van der Waals surface area contributed by atoms with Crippen molar-refractivity contribution >= 4 is 39.3 Å². The lowest BCUT2D eigenvalue weighted by atomic mass is 10.1. The number of aryl methyl sites for hydroxylation is 2. The van der Waals surface area contributed by atoms with Gasteiger partial charge in [0.25, 0.3) is 0 Å². The Labute approximate surface area is 102 Å². The minimum Gasteiger partial charge on any atom is -0.481 e. The van der Waals surface area contributed by atoms with Crippen LogP contribution in [0.5, 0.6) is 0 Å². The fourth-order valence-electron chi connectivity index (χ4n) is 1.39. The van der Waals surface area contributed by atoms with E-state index in [1.807, 2.05) is 13.0 Å². The number of fused-ring (bicyclic) bond motifs is 1. The zero-order valence-electron chi connectivity index (χ0n) is 8.98. The Kier molecular flexibility index (Phi) is 3.16. The fourth-order valence-corrected chi connectivity index (χ4v) is 3.23. The summed E-state index contributed by atoms with van der Waals surface area (Å²) in [7, 11) is 0. The van der Waals surface area contributed by atoms with Gasteiger partial charge in [0.1, 0.15) is 0 Å². The first-order chi connectivity index (χ1) is 7.58. The third-order valence-electron chi connectivity index (χ3n) is 2.38. The van der Waals surface area contributed by atoms with E-state index in [2.05, 4.69) is 18.0 Å². The molecule has 84 valence electrons. The molecule has 2 rings (SSSR count). The van der Waals surface area contributed by atoms with E-state index in [1.54, 1.807) is 11.3 Å². The van der Waals surface area contributed by atoms with Crippen LogP contribution in [0, 0.1) is 13.8 Å². The number of thioether (sulfide) groups is 1. The van der Waals surface area contributed by atoms with E-state index in [9.17, 15) is 4.79 Å². The fraction of sp³-hybridized carbons (Fsp3) is 0.273. The predicted octanol–water partition coefficient (Wildman–Crippen LogP) is 3.09. The molecule has 5 heteroatoms. The molecule has 0 saturated heterocycles. The van der Waals surface area contributed by atoms with Crippen molar-refractivity contribution in [3.8, 4) is 0 Å². The summed E-state index contributed by atoms with van der Waals surface area (Å²) in [6.45, 7) is 4.10. The van der Waals surface area contributed by atoms with Gasteiger partial charge in [-0.3, -0.25) is 4.79 Å². The van der Waals surface area contributed by atoms with Crippen molar-refractivity contribution in [3.05, 3.63) is 23.3 Å².